The SMILES string of the molecule is N=C(N)c1ccc(S(=O)(=O)NCCCN2CCN(CC(=O)O)C(=O)C2=O)cc1. The summed E-state index contributed by atoms with van der Waals surface area (Å²) in [5.74, 6) is -3.03. The number of carbonyl (C=O) groups is 3. The number of benzene rings is 1. The van der Waals surface area contributed by atoms with Crippen molar-refractivity contribution in [3.63, 3.8) is 0 Å². The van der Waals surface area contributed by atoms with Crippen LogP contribution in [0.2, 0.25) is 0 Å². The lowest BCUT2D eigenvalue weighted by atomic mass is 10.2. The number of carboxylic acid groups (broad SMARTS) is 1. The second kappa shape index (κ2) is 8.80. The van der Waals surface area contributed by atoms with Gasteiger partial charge in [-0.1, -0.05) is 0 Å². The fourth-order valence-corrected chi connectivity index (χ4v) is 3.69. The summed E-state index contributed by atoms with van der Waals surface area (Å²) in [4.78, 5) is 36.8. The maximum Gasteiger partial charge on any atom is 0.323 e. The Morgan fingerprint density at radius 3 is 2.29 bits per heavy atom. The summed E-state index contributed by atoms with van der Waals surface area (Å²) in [5, 5.41) is 16.0. The van der Waals surface area contributed by atoms with Gasteiger partial charge in [-0.15, -0.1) is 0 Å². The number of nitrogen functional groups attached to an aromatic ring is 1. The number of carboxylic acids is 1. The van der Waals surface area contributed by atoms with Crippen LogP contribution in [0.15, 0.2) is 29.2 Å². The van der Waals surface area contributed by atoms with E-state index in [4.69, 9.17) is 16.2 Å². The van der Waals surface area contributed by atoms with Crippen LogP contribution < -0.4 is 10.5 Å². The smallest absolute Gasteiger partial charge is 0.323 e. The lowest BCUT2D eigenvalue weighted by molar-refractivity contribution is -0.158. The minimum Gasteiger partial charge on any atom is -0.480 e. The van der Waals surface area contributed by atoms with Crippen molar-refractivity contribution < 1.29 is 27.9 Å². The van der Waals surface area contributed by atoms with Gasteiger partial charge in [-0.2, -0.15) is 0 Å². The van der Waals surface area contributed by atoms with Crippen LogP contribution in [0.5, 0.6) is 0 Å². The molecule has 0 atom stereocenters. The molecular formula is C16H21N5O6S. The Hall–Kier alpha value is -2.99. The summed E-state index contributed by atoms with van der Waals surface area (Å²) < 4.78 is 26.9. The van der Waals surface area contributed by atoms with E-state index < -0.39 is 34.4 Å². The number of nitrogens with two attached hydrogens (primary N) is 1. The maximum absolute atomic E-state index is 12.2. The molecule has 1 fully saturated rings. The Labute approximate surface area is 161 Å². The highest BCUT2D eigenvalue weighted by Gasteiger charge is 2.33. The normalized spacial score (nSPS) is 15.0. The molecule has 28 heavy (non-hydrogen) atoms. The second-order valence-electron chi connectivity index (χ2n) is 6.10. The van der Waals surface area contributed by atoms with Gasteiger partial charge in [-0.05, 0) is 30.7 Å². The van der Waals surface area contributed by atoms with Gasteiger partial charge in [0.05, 0.1) is 4.90 Å². The van der Waals surface area contributed by atoms with Crippen LogP contribution in [0.25, 0.3) is 0 Å². The number of piperazine rings is 1. The molecule has 1 aliphatic heterocycles. The van der Waals surface area contributed by atoms with E-state index in [-0.39, 0.29) is 43.3 Å². The molecule has 1 saturated heterocycles. The summed E-state index contributed by atoms with van der Waals surface area (Å²) in [6.45, 7) is -0.00623. The van der Waals surface area contributed by atoms with E-state index in [0.29, 0.717) is 5.56 Å². The topological polar surface area (TPSA) is 174 Å². The molecule has 12 heteroatoms. The number of sulfonamides is 1. The van der Waals surface area contributed by atoms with Gasteiger partial charge >= 0.3 is 17.8 Å². The van der Waals surface area contributed by atoms with Crippen molar-refractivity contribution in [1.29, 1.82) is 5.41 Å². The number of nitrogens with zero attached hydrogens (tertiary/aromatic N) is 2. The molecule has 0 aliphatic carbocycles. The van der Waals surface area contributed by atoms with Gasteiger partial charge in [0.1, 0.15) is 12.4 Å². The number of amidine groups is 1. The monoisotopic (exact) mass is 411 g/mol. The number of amides is 2. The third-order valence-electron chi connectivity index (χ3n) is 4.10. The number of aliphatic carboxylic acids is 1. The first kappa shape index (κ1) is 21.3. The minimum atomic E-state index is -3.76. The fourth-order valence-electron chi connectivity index (χ4n) is 2.62. The molecule has 1 aliphatic rings. The molecular weight excluding hydrogens is 390 g/mol. The Morgan fingerprint density at radius 1 is 1.14 bits per heavy atom. The Balaban J connectivity index is 1.83. The molecule has 2 amide bonds. The van der Waals surface area contributed by atoms with E-state index in [0.717, 1.165) is 4.90 Å². The molecule has 5 N–H and O–H groups in total. The zero-order valence-corrected chi connectivity index (χ0v) is 15.7. The van der Waals surface area contributed by atoms with Crippen molar-refractivity contribution in [2.24, 2.45) is 5.73 Å². The molecule has 0 unspecified atom stereocenters. The zero-order chi connectivity index (χ0) is 20.9. The van der Waals surface area contributed by atoms with Crippen molar-refractivity contribution in [3.8, 4) is 0 Å². The average molecular weight is 411 g/mol. The number of carbonyl (C=O) groups excluding carboxylic acids is 2. The molecule has 11 nitrogen and oxygen atoms in total. The van der Waals surface area contributed by atoms with Crippen LogP contribution in [0.3, 0.4) is 0 Å². The van der Waals surface area contributed by atoms with Gasteiger partial charge in [0, 0.05) is 31.7 Å². The Bertz CT molecular complexity index is 883. The standard InChI is InChI=1S/C16H21N5O6S/c17-14(18)11-2-4-12(5-3-11)28(26,27)19-6-1-7-20-8-9-21(10-13(22)23)16(25)15(20)24/h2-5,19H,1,6-10H2,(H3,17,18)(H,22,23). The summed E-state index contributed by atoms with van der Waals surface area (Å²) in [5.41, 5.74) is 5.73. The number of rotatable bonds is 9. The van der Waals surface area contributed by atoms with Gasteiger partial charge in [0.25, 0.3) is 0 Å². The van der Waals surface area contributed by atoms with E-state index in [9.17, 15) is 22.8 Å². The zero-order valence-electron chi connectivity index (χ0n) is 14.9. The van der Waals surface area contributed by atoms with E-state index in [1.165, 1.54) is 29.2 Å². The fraction of sp³-hybridized carbons (Fsp3) is 0.375. The van der Waals surface area contributed by atoms with Crippen LogP contribution in [-0.4, -0.2) is 79.7 Å². The van der Waals surface area contributed by atoms with Crippen molar-refractivity contribution >= 4 is 33.6 Å². The van der Waals surface area contributed by atoms with Gasteiger partial charge in [0.15, 0.2) is 0 Å². The lowest BCUT2D eigenvalue weighted by Gasteiger charge is -2.32. The highest BCUT2D eigenvalue weighted by molar-refractivity contribution is 7.89. The van der Waals surface area contributed by atoms with Gasteiger partial charge in [-0.3, -0.25) is 19.8 Å². The van der Waals surface area contributed by atoms with Gasteiger partial charge in [0.2, 0.25) is 10.0 Å². The highest BCUT2D eigenvalue weighted by Crippen LogP contribution is 2.10. The molecule has 1 aromatic carbocycles. The first-order valence-electron chi connectivity index (χ1n) is 8.36. The van der Waals surface area contributed by atoms with Crippen LogP contribution in [-0.2, 0) is 24.4 Å². The largest absolute Gasteiger partial charge is 0.480 e. The van der Waals surface area contributed by atoms with E-state index in [1.54, 1.807) is 0 Å². The molecule has 2 rings (SSSR count). The van der Waals surface area contributed by atoms with E-state index in [1.807, 2.05) is 0 Å². The third kappa shape index (κ3) is 5.27. The molecule has 0 radical (unpaired) electrons. The van der Waals surface area contributed by atoms with Crippen molar-refractivity contribution in [1.82, 2.24) is 14.5 Å². The second-order valence-corrected chi connectivity index (χ2v) is 7.87. The number of hydrogen-bond acceptors (Lipinski definition) is 6. The molecule has 1 heterocycles. The summed E-state index contributed by atoms with van der Waals surface area (Å²) in [7, 11) is -3.76. The molecule has 1 aromatic rings. The molecule has 152 valence electrons. The average Bonchev–Trinajstić information content (AvgIpc) is 2.64. The Kier molecular flexibility index (Phi) is 6.70. The van der Waals surface area contributed by atoms with Crippen molar-refractivity contribution in [2.45, 2.75) is 11.3 Å². The predicted octanol–water partition coefficient (Wildman–Crippen LogP) is -1.61. The number of nitrogens with one attached hydrogen (secondary N) is 2. The number of hydrogen-bond donors (Lipinski definition) is 4. The quantitative estimate of drug-likeness (QED) is 0.164. The van der Waals surface area contributed by atoms with Crippen molar-refractivity contribution in [2.75, 3.05) is 32.7 Å². The van der Waals surface area contributed by atoms with Crippen LogP contribution in [0.4, 0.5) is 0 Å². The molecule has 0 saturated carbocycles. The molecule has 0 bridgehead atoms. The van der Waals surface area contributed by atoms with Crippen LogP contribution >= 0.6 is 0 Å². The maximum atomic E-state index is 12.2. The first-order valence-corrected chi connectivity index (χ1v) is 9.84. The highest BCUT2D eigenvalue weighted by atomic mass is 32.2. The van der Waals surface area contributed by atoms with Crippen LogP contribution in [0, 0.1) is 5.41 Å². The van der Waals surface area contributed by atoms with E-state index >= 15 is 0 Å². The van der Waals surface area contributed by atoms with Gasteiger partial charge in [-0.25, -0.2) is 13.1 Å². The molecule has 0 aromatic heterocycles. The lowest BCUT2D eigenvalue weighted by Crippen LogP contribution is -2.55. The van der Waals surface area contributed by atoms with E-state index in [2.05, 4.69) is 4.72 Å². The van der Waals surface area contributed by atoms with Crippen LogP contribution in [0.1, 0.15) is 12.0 Å². The predicted molar refractivity (Wildman–Crippen MR) is 98.1 cm³/mol. The first-order chi connectivity index (χ1) is 13.1. The minimum absolute atomic E-state index is 0.0195. The molecule has 0 spiro atoms. The van der Waals surface area contributed by atoms with Gasteiger partial charge < -0.3 is 20.6 Å². The Morgan fingerprint density at radius 2 is 1.71 bits per heavy atom. The third-order valence-corrected chi connectivity index (χ3v) is 5.57. The summed E-state index contributed by atoms with van der Waals surface area (Å²) in [6.07, 6.45) is 0.280. The van der Waals surface area contributed by atoms with Crippen molar-refractivity contribution in [3.05, 3.63) is 29.8 Å². The summed E-state index contributed by atoms with van der Waals surface area (Å²) in [6, 6.07) is 5.53. The summed E-state index contributed by atoms with van der Waals surface area (Å²) >= 11 is 0.